The number of aliphatic hydroxyl groups is 3. The van der Waals surface area contributed by atoms with Crippen LogP contribution in [-0.2, 0) is 9.47 Å². The highest BCUT2D eigenvalue weighted by Crippen LogP contribution is 2.21. The standard InChI is InChI=1S/C17H22N2O7/c1-11-5-6-13(18-17(24)26-12(2)15(22)10-21)9-14(11)19-16(23)25-8-4-3-7-20/h3-6,9-10,12,20-22H,7-8H2,1-2H3,(H,18,24)(H,19,23). The van der Waals surface area contributed by atoms with E-state index >= 15 is 0 Å². The normalized spacial score (nSPS) is 12.5. The topological polar surface area (TPSA) is 137 Å². The second kappa shape index (κ2) is 10.6. The Morgan fingerprint density at radius 2 is 1.96 bits per heavy atom. The summed E-state index contributed by atoms with van der Waals surface area (Å²) in [5.74, 6) is -0.496. The van der Waals surface area contributed by atoms with Gasteiger partial charge in [0.15, 0.2) is 11.9 Å². The molecule has 0 aromatic heterocycles. The van der Waals surface area contributed by atoms with Crippen LogP contribution in [0.1, 0.15) is 12.5 Å². The predicted molar refractivity (Wildman–Crippen MR) is 95.3 cm³/mol. The minimum atomic E-state index is -1.02. The Labute approximate surface area is 150 Å². The van der Waals surface area contributed by atoms with Crippen LogP contribution >= 0.6 is 0 Å². The molecule has 0 spiro atoms. The van der Waals surface area contributed by atoms with Crippen molar-refractivity contribution in [2.24, 2.45) is 0 Å². The zero-order valence-corrected chi connectivity index (χ0v) is 14.4. The van der Waals surface area contributed by atoms with Crippen LogP contribution in [0.2, 0.25) is 0 Å². The number of amides is 2. The molecule has 2 amide bonds. The summed E-state index contributed by atoms with van der Waals surface area (Å²) >= 11 is 0. The van der Waals surface area contributed by atoms with E-state index in [1.165, 1.54) is 25.1 Å². The third-order valence-corrected chi connectivity index (χ3v) is 3.14. The van der Waals surface area contributed by atoms with E-state index < -0.39 is 24.0 Å². The minimum absolute atomic E-state index is 0.00939. The number of benzene rings is 1. The van der Waals surface area contributed by atoms with Gasteiger partial charge in [0.2, 0.25) is 0 Å². The molecule has 0 heterocycles. The summed E-state index contributed by atoms with van der Waals surface area (Å²) in [7, 11) is 0. The van der Waals surface area contributed by atoms with Crippen LogP contribution < -0.4 is 10.6 Å². The first-order valence-corrected chi connectivity index (χ1v) is 7.68. The second-order valence-electron chi connectivity index (χ2n) is 5.13. The molecule has 1 rings (SSSR count). The molecule has 1 unspecified atom stereocenters. The van der Waals surface area contributed by atoms with Crippen molar-refractivity contribution >= 4 is 23.6 Å². The molecule has 0 fully saturated rings. The first-order valence-electron chi connectivity index (χ1n) is 7.68. The molecular weight excluding hydrogens is 344 g/mol. The Balaban J connectivity index is 2.67. The molecule has 142 valence electrons. The van der Waals surface area contributed by atoms with Gasteiger partial charge in [0.05, 0.1) is 6.61 Å². The Morgan fingerprint density at radius 3 is 2.62 bits per heavy atom. The van der Waals surface area contributed by atoms with Crippen LogP contribution in [0, 0.1) is 6.92 Å². The lowest BCUT2D eigenvalue weighted by Gasteiger charge is -2.14. The van der Waals surface area contributed by atoms with E-state index in [4.69, 9.17) is 19.7 Å². The molecule has 0 radical (unpaired) electrons. The third kappa shape index (κ3) is 7.14. The number of anilines is 2. The number of carbonyl (C=O) groups is 2. The lowest BCUT2D eigenvalue weighted by molar-refractivity contribution is 0.109. The van der Waals surface area contributed by atoms with Crippen LogP contribution in [0.3, 0.4) is 0 Å². The molecule has 1 atom stereocenters. The van der Waals surface area contributed by atoms with Crippen LogP contribution in [0.5, 0.6) is 0 Å². The quantitative estimate of drug-likeness (QED) is 0.369. The average Bonchev–Trinajstić information content (AvgIpc) is 2.60. The van der Waals surface area contributed by atoms with Gasteiger partial charge in [-0.3, -0.25) is 10.6 Å². The Kier molecular flexibility index (Phi) is 8.51. The fourth-order valence-corrected chi connectivity index (χ4v) is 1.72. The van der Waals surface area contributed by atoms with Gasteiger partial charge in [-0.2, -0.15) is 0 Å². The van der Waals surface area contributed by atoms with Gasteiger partial charge < -0.3 is 24.8 Å². The molecule has 9 heteroatoms. The maximum absolute atomic E-state index is 11.8. The van der Waals surface area contributed by atoms with Gasteiger partial charge in [0, 0.05) is 11.4 Å². The molecule has 9 nitrogen and oxygen atoms in total. The van der Waals surface area contributed by atoms with E-state index in [9.17, 15) is 14.7 Å². The van der Waals surface area contributed by atoms with E-state index in [1.54, 1.807) is 19.1 Å². The molecule has 0 aliphatic carbocycles. The zero-order valence-electron chi connectivity index (χ0n) is 14.4. The van der Waals surface area contributed by atoms with Crippen molar-refractivity contribution < 1.29 is 34.4 Å². The van der Waals surface area contributed by atoms with Crippen molar-refractivity contribution in [2.75, 3.05) is 23.8 Å². The van der Waals surface area contributed by atoms with E-state index in [-0.39, 0.29) is 13.2 Å². The lowest BCUT2D eigenvalue weighted by atomic mass is 10.2. The van der Waals surface area contributed by atoms with Gasteiger partial charge in [-0.15, -0.1) is 0 Å². The van der Waals surface area contributed by atoms with E-state index in [0.717, 1.165) is 5.56 Å². The lowest BCUT2D eigenvalue weighted by Crippen LogP contribution is -2.22. The molecule has 0 saturated carbocycles. The number of aliphatic hydroxyl groups excluding tert-OH is 3. The molecule has 0 bridgehead atoms. The van der Waals surface area contributed by atoms with Crippen LogP contribution in [-0.4, -0.2) is 46.8 Å². The fraction of sp³-hybridized carbons (Fsp3) is 0.294. The summed E-state index contributed by atoms with van der Waals surface area (Å²) in [6.07, 6.45) is 0.814. The number of aryl methyl sites for hydroxylation is 1. The zero-order chi connectivity index (χ0) is 19.5. The Hall–Kier alpha value is -3.20. The average molecular weight is 366 g/mol. The number of hydrogen-bond acceptors (Lipinski definition) is 7. The van der Waals surface area contributed by atoms with Crippen LogP contribution in [0.15, 0.2) is 42.4 Å². The molecular formula is C17H22N2O7. The van der Waals surface area contributed by atoms with Crippen molar-refractivity contribution in [1.29, 1.82) is 0 Å². The van der Waals surface area contributed by atoms with Crippen LogP contribution in [0.25, 0.3) is 0 Å². The fourth-order valence-electron chi connectivity index (χ4n) is 1.72. The summed E-state index contributed by atoms with van der Waals surface area (Å²) in [5.41, 5.74) is 1.50. The predicted octanol–water partition coefficient (Wildman–Crippen LogP) is 2.99. The Bertz CT molecular complexity index is 686. The molecule has 0 aliphatic rings. The first kappa shape index (κ1) is 20.8. The molecule has 26 heavy (non-hydrogen) atoms. The molecule has 0 saturated heterocycles. The van der Waals surface area contributed by atoms with E-state index in [2.05, 4.69) is 10.6 Å². The van der Waals surface area contributed by atoms with Gasteiger partial charge in [-0.1, -0.05) is 12.1 Å². The van der Waals surface area contributed by atoms with Gasteiger partial charge in [-0.05, 0) is 37.6 Å². The van der Waals surface area contributed by atoms with Gasteiger partial charge in [0.1, 0.15) is 12.9 Å². The van der Waals surface area contributed by atoms with Gasteiger partial charge in [0.25, 0.3) is 0 Å². The molecule has 1 aromatic rings. The third-order valence-electron chi connectivity index (χ3n) is 3.14. The second-order valence-corrected chi connectivity index (χ2v) is 5.13. The summed E-state index contributed by atoms with van der Waals surface area (Å²) in [5, 5.41) is 31.5. The molecule has 5 N–H and O–H groups in total. The van der Waals surface area contributed by atoms with Crippen molar-refractivity contribution in [3.63, 3.8) is 0 Å². The van der Waals surface area contributed by atoms with Crippen molar-refractivity contribution in [3.05, 3.63) is 47.9 Å². The first-order chi connectivity index (χ1) is 12.4. The van der Waals surface area contributed by atoms with Crippen molar-refractivity contribution in [3.8, 4) is 0 Å². The maximum Gasteiger partial charge on any atom is 0.412 e. The minimum Gasteiger partial charge on any atom is -0.512 e. The summed E-state index contributed by atoms with van der Waals surface area (Å²) in [4.78, 5) is 23.5. The number of rotatable bonds is 7. The summed E-state index contributed by atoms with van der Waals surface area (Å²) < 4.78 is 9.76. The Morgan fingerprint density at radius 1 is 1.23 bits per heavy atom. The van der Waals surface area contributed by atoms with Crippen molar-refractivity contribution in [1.82, 2.24) is 0 Å². The molecule has 1 aromatic carbocycles. The highest BCUT2D eigenvalue weighted by atomic mass is 16.6. The molecule has 0 aliphatic heterocycles. The highest BCUT2D eigenvalue weighted by Gasteiger charge is 2.14. The number of hydrogen-bond donors (Lipinski definition) is 5. The summed E-state index contributed by atoms with van der Waals surface area (Å²) in [6.45, 7) is 3.01. The number of ether oxygens (including phenoxy) is 2. The number of nitrogens with one attached hydrogen (secondary N) is 2. The van der Waals surface area contributed by atoms with Gasteiger partial charge in [-0.25, -0.2) is 9.59 Å². The number of carbonyl (C=O) groups excluding carboxylic acids is 2. The van der Waals surface area contributed by atoms with Gasteiger partial charge >= 0.3 is 12.2 Å². The SMILES string of the molecule is Cc1ccc(NC(=O)OC(C)C(O)=CO)cc1NC(=O)OCC=CCO. The largest absolute Gasteiger partial charge is 0.512 e. The van der Waals surface area contributed by atoms with Crippen LogP contribution in [0.4, 0.5) is 21.0 Å². The van der Waals surface area contributed by atoms with E-state index in [1.807, 2.05) is 0 Å². The highest BCUT2D eigenvalue weighted by molar-refractivity contribution is 5.89. The van der Waals surface area contributed by atoms with E-state index in [0.29, 0.717) is 17.6 Å². The van der Waals surface area contributed by atoms with Crippen molar-refractivity contribution in [2.45, 2.75) is 20.0 Å². The maximum atomic E-state index is 11.8. The smallest absolute Gasteiger partial charge is 0.412 e. The summed E-state index contributed by atoms with van der Waals surface area (Å²) in [6, 6.07) is 4.78. The monoisotopic (exact) mass is 366 g/mol.